The van der Waals surface area contributed by atoms with Crippen LogP contribution in [0.25, 0.3) is 76.9 Å². The van der Waals surface area contributed by atoms with Crippen LogP contribution in [0.15, 0.2) is 205 Å². The molecule has 0 aliphatic heterocycles. The van der Waals surface area contributed by atoms with Gasteiger partial charge in [-0.05, 0) is 115 Å². The predicted molar refractivity (Wildman–Crippen MR) is 220 cm³/mol. The van der Waals surface area contributed by atoms with Gasteiger partial charge in [0.2, 0.25) is 0 Å². The summed E-state index contributed by atoms with van der Waals surface area (Å²) in [5, 5.41) is 8.64. The third kappa shape index (κ3) is 5.39. The Hall–Kier alpha value is -6.90. The molecule has 0 spiro atoms. The molecule has 0 saturated carbocycles. The molecule has 1 heterocycles. The lowest BCUT2D eigenvalue weighted by Crippen LogP contribution is -2.09. The Morgan fingerprint density at radius 1 is 0.288 bits per heavy atom. The molecule has 0 saturated heterocycles. The highest BCUT2D eigenvalue weighted by Crippen LogP contribution is 2.39. The van der Waals surface area contributed by atoms with E-state index in [4.69, 9.17) is 4.42 Å². The molecule has 52 heavy (non-hydrogen) atoms. The van der Waals surface area contributed by atoms with Gasteiger partial charge < -0.3 is 9.32 Å². The quantitative estimate of drug-likeness (QED) is 0.165. The molecule has 0 radical (unpaired) electrons. The molecule has 0 aliphatic rings. The maximum absolute atomic E-state index is 6.19. The Labute approximate surface area is 302 Å². The zero-order valence-electron chi connectivity index (χ0n) is 28.4. The van der Waals surface area contributed by atoms with Crippen molar-refractivity contribution in [1.29, 1.82) is 0 Å². The molecule has 2 heteroatoms. The lowest BCUT2D eigenvalue weighted by molar-refractivity contribution is 0.631. The fourth-order valence-electron chi connectivity index (χ4n) is 7.54. The lowest BCUT2D eigenvalue weighted by Gasteiger charge is -2.26. The van der Waals surface area contributed by atoms with Crippen molar-refractivity contribution in [3.8, 4) is 33.6 Å². The first-order valence-corrected chi connectivity index (χ1v) is 17.7. The second kappa shape index (κ2) is 12.5. The number of para-hydroxylation sites is 1. The van der Waals surface area contributed by atoms with Crippen molar-refractivity contribution in [2.24, 2.45) is 0 Å². The standard InChI is InChI=1S/C50H33NO/c1-2-10-39-32-46(28-22-34(39)8-1)51(45-26-20-36(21-27-45)40-23-29-48-41(30-40)17-16-37-9-3-5-14-47(37)48)44-24-18-35(19-25-44)38-12-7-13-42(31-38)50-33-43-11-4-6-15-49(43)52-50/h1-33H. The molecule has 10 rings (SSSR count). The van der Waals surface area contributed by atoms with E-state index < -0.39 is 0 Å². The maximum Gasteiger partial charge on any atom is 0.135 e. The van der Waals surface area contributed by atoms with E-state index in [1.807, 2.05) is 18.2 Å². The Kier molecular flexibility index (Phi) is 7.18. The molecule has 9 aromatic carbocycles. The summed E-state index contributed by atoms with van der Waals surface area (Å²) in [7, 11) is 0. The summed E-state index contributed by atoms with van der Waals surface area (Å²) < 4.78 is 6.19. The highest BCUT2D eigenvalue weighted by Gasteiger charge is 2.15. The zero-order valence-corrected chi connectivity index (χ0v) is 28.4. The van der Waals surface area contributed by atoms with Gasteiger partial charge in [0.15, 0.2) is 0 Å². The van der Waals surface area contributed by atoms with Crippen molar-refractivity contribution in [3.63, 3.8) is 0 Å². The monoisotopic (exact) mass is 663 g/mol. The molecule has 0 amide bonds. The Bertz CT molecular complexity index is 2870. The highest BCUT2D eigenvalue weighted by atomic mass is 16.3. The number of furan rings is 1. The fraction of sp³-hybridized carbons (Fsp3) is 0. The third-order valence-corrected chi connectivity index (χ3v) is 10.2. The van der Waals surface area contributed by atoms with Crippen LogP contribution in [0.2, 0.25) is 0 Å². The van der Waals surface area contributed by atoms with E-state index in [2.05, 4.69) is 187 Å². The summed E-state index contributed by atoms with van der Waals surface area (Å²) in [4.78, 5) is 2.34. The summed E-state index contributed by atoms with van der Waals surface area (Å²) in [5.74, 6) is 0.878. The first kappa shape index (κ1) is 30.0. The zero-order chi connectivity index (χ0) is 34.4. The van der Waals surface area contributed by atoms with Gasteiger partial charge in [0.1, 0.15) is 11.3 Å². The minimum atomic E-state index is 0.878. The number of hydrogen-bond donors (Lipinski definition) is 0. The number of fused-ring (bicyclic) bond motifs is 5. The molecule has 2 nitrogen and oxygen atoms in total. The van der Waals surface area contributed by atoms with Crippen LogP contribution in [0.4, 0.5) is 17.1 Å². The van der Waals surface area contributed by atoms with Gasteiger partial charge >= 0.3 is 0 Å². The molecule has 0 unspecified atom stereocenters. The largest absolute Gasteiger partial charge is 0.456 e. The molecular formula is C50H33NO. The molecule has 0 N–H and O–H groups in total. The van der Waals surface area contributed by atoms with Gasteiger partial charge in [0.25, 0.3) is 0 Å². The van der Waals surface area contributed by atoms with Gasteiger partial charge in [-0.2, -0.15) is 0 Å². The van der Waals surface area contributed by atoms with Gasteiger partial charge in [-0.25, -0.2) is 0 Å². The molecule has 1 aromatic heterocycles. The van der Waals surface area contributed by atoms with Crippen molar-refractivity contribution in [2.45, 2.75) is 0 Å². The van der Waals surface area contributed by atoms with E-state index >= 15 is 0 Å². The fourth-order valence-corrected chi connectivity index (χ4v) is 7.54. The number of anilines is 3. The average Bonchev–Trinajstić information content (AvgIpc) is 3.66. The number of hydrogen-bond acceptors (Lipinski definition) is 2. The Morgan fingerprint density at radius 3 is 1.62 bits per heavy atom. The smallest absolute Gasteiger partial charge is 0.135 e. The first-order chi connectivity index (χ1) is 25.7. The summed E-state index contributed by atoms with van der Waals surface area (Å²) in [6.45, 7) is 0. The van der Waals surface area contributed by atoms with E-state index in [1.54, 1.807) is 0 Å². The first-order valence-electron chi connectivity index (χ1n) is 17.7. The minimum absolute atomic E-state index is 0.878. The summed E-state index contributed by atoms with van der Waals surface area (Å²) in [6, 6.07) is 71.8. The van der Waals surface area contributed by atoms with E-state index in [-0.39, 0.29) is 0 Å². The van der Waals surface area contributed by atoms with E-state index in [0.717, 1.165) is 50.5 Å². The van der Waals surface area contributed by atoms with Gasteiger partial charge in [-0.3, -0.25) is 0 Å². The second-order valence-electron chi connectivity index (χ2n) is 13.4. The maximum atomic E-state index is 6.19. The van der Waals surface area contributed by atoms with Crippen LogP contribution in [0.3, 0.4) is 0 Å². The van der Waals surface area contributed by atoms with Crippen LogP contribution >= 0.6 is 0 Å². The number of rotatable bonds is 6. The van der Waals surface area contributed by atoms with Crippen molar-refractivity contribution >= 4 is 60.3 Å². The van der Waals surface area contributed by atoms with Crippen LogP contribution in [0.5, 0.6) is 0 Å². The van der Waals surface area contributed by atoms with Crippen LogP contribution in [0, 0.1) is 0 Å². The van der Waals surface area contributed by atoms with Crippen molar-refractivity contribution in [2.75, 3.05) is 4.90 Å². The topological polar surface area (TPSA) is 16.4 Å². The van der Waals surface area contributed by atoms with E-state index in [9.17, 15) is 0 Å². The van der Waals surface area contributed by atoms with Crippen LogP contribution in [0.1, 0.15) is 0 Å². The molecule has 0 bridgehead atoms. The summed E-state index contributed by atoms with van der Waals surface area (Å²) in [6.07, 6.45) is 0. The van der Waals surface area contributed by atoms with Gasteiger partial charge in [-0.1, -0.05) is 140 Å². The van der Waals surface area contributed by atoms with Crippen LogP contribution in [-0.4, -0.2) is 0 Å². The van der Waals surface area contributed by atoms with Gasteiger partial charge in [0.05, 0.1) is 0 Å². The summed E-state index contributed by atoms with van der Waals surface area (Å²) in [5.41, 5.74) is 9.98. The average molecular weight is 664 g/mol. The van der Waals surface area contributed by atoms with Gasteiger partial charge in [0, 0.05) is 28.0 Å². The molecule has 244 valence electrons. The lowest BCUT2D eigenvalue weighted by atomic mass is 9.97. The van der Waals surface area contributed by atoms with Crippen LogP contribution in [-0.2, 0) is 0 Å². The molecule has 0 atom stereocenters. The SMILES string of the molecule is c1cc(-c2ccc(N(c3ccc(-c4ccc5c(ccc6ccccc65)c4)cc3)c3ccc4ccccc4c3)cc2)cc(-c2cc3ccccc3o2)c1. The second-order valence-corrected chi connectivity index (χ2v) is 13.4. The molecule has 0 fully saturated rings. The minimum Gasteiger partial charge on any atom is -0.456 e. The normalized spacial score (nSPS) is 11.5. The Balaban J connectivity index is 1.01. The number of benzene rings is 9. The summed E-state index contributed by atoms with van der Waals surface area (Å²) >= 11 is 0. The highest BCUT2D eigenvalue weighted by molar-refractivity contribution is 6.08. The van der Waals surface area contributed by atoms with Crippen molar-refractivity contribution in [1.82, 2.24) is 0 Å². The number of nitrogens with zero attached hydrogens (tertiary/aromatic N) is 1. The molecular weight excluding hydrogens is 631 g/mol. The van der Waals surface area contributed by atoms with Crippen molar-refractivity contribution < 1.29 is 4.42 Å². The molecule has 10 aromatic rings. The van der Waals surface area contributed by atoms with E-state index in [0.29, 0.717) is 0 Å². The van der Waals surface area contributed by atoms with Gasteiger partial charge in [-0.15, -0.1) is 0 Å². The van der Waals surface area contributed by atoms with Crippen molar-refractivity contribution in [3.05, 3.63) is 200 Å². The molecule has 0 aliphatic carbocycles. The third-order valence-electron chi connectivity index (χ3n) is 10.2. The van der Waals surface area contributed by atoms with Crippen LogP contribution < -0.4 is 4.90 Å². The van der Waals surface area contributed by atoms with E-state index in [1.165, 1.54) is 43.4 Å². The Morgan fingerprint density at radius 2 is 0.846 bits per heavy atom. The predicted octanol–water partition coefficient (Wildman–Crippen LogP) is 14.4.